The van der Waals surface area contributed by atoms with Crippen LogP contribution in [0.3, 0.4) is 0 Å². The summed E-state index contributed by atoms with van der Waals surface area (Å²) in [6.45, 7) is 0.672. The molecule has 1 aromatic heterocycles. The Hall–Kier alpha value is -0.990. The van der Waals surface area contributed by atoms with Crippen molar-refractivity contribution >= 4 is 22.5 Å². The molecule has 0 spiro atoms. The minimum absolute atomic E-state index is 0.672. The third kappa shape index (κ3) is 1.41. The molecule has 74 valence electrons. The molecule has 2 rings (SSSR count). The van der Waals surface area contributed by atoms with E-state index in [4.69, 9.17) is 17.3 Å². The zero-order valence-electron chi connectivity index (χ0n) is 8.13. The predicted molar refractivity (Wildman–Crippen MR) is 60.7 cm³/mol. The van der Waals surface area contributed by atoms with Gasteiger partial charge in [-0.2, -0.15) is 0 Å². The molecule has 0 unspecified atom stereocenters. The van der Waals surface area contributed by atoms with Crippen LogP contribution in [0.25, 0.3) is 10.9 Å². The molecule has 0 aliphatic rings. The monoisotopic (exact) mass is 208 g/mol. The average molecular weight is 209 g/mol. The third-order valence-corrected chi connectivity index (χ3v) is 2.89. The Labute approximate surface area is 88.3 Å². The molecular formula is C11H13ClN2. The fraction of sp³-hybridized carbons (Fsp3) is 0.273. The van der Waals surface area contributed by atoms with Crippen molar-refractivity contribution in [2.75, 3.05) is 6.54 Å². The van der Waals surface area contributed by atoms with Gasteiger partial charge in [0.05, 0.1) is 0 Å². The summed E-state index contributed by atoms with van der Waals surface area (Å²) in [5, 5.41) is 1.98. The summed E-state index contributed by atoms with van der Waals surface area (Å²) >= 11 is 6.06. The van der Waals surface area contributed by atoms with E-state index in [-0.39, 0.29) is 0 Å². The van der Waals surface area contributed by atoms with Gasteiger partial charge in [0.15, 0.2) is 0 Å². The van der Waals surface area contributed by atoms with Gasteiger partial charge in [0, 0.05) is 18.0 Å². The van der Waals surface area contributed by atoms with E-state index in [9.17, 15) is 0 Å². The molecule has 2 aromatic rings. The maximum atomic E-state index is 6.06. The van der Waals surface area contributed by atoms with E-state index in [1.165, 1.54) is 16.5 Å². The lowest BCUT2D eigenvalue weighted by Crippen LogP contribution is -2.02. The van der Waals surface area contributed by atoms with E-state index < -0.39 is 0 Å². The van der Waals surface area contributed by atoms with Gasteiger partial charge in [-0.05, 0) is 30.7 Å². The molecule has 0 aliphatic carbocycles. The third-order valence-electron chi connectivity index (χ3n) is 2.53. The summed E-state index contributed by atoms with van der Waals surface area (Å²) in [7, 11) is 1.97. The number of halogens is 1. The van der Waals surface area contributed by atoms with Crippen molar-refractivity contribution in [2.45, 2.75) is 6.42 Å². The van der Waals surface area contributed by atoms with E-state index in [1.54, 1.807) is 0 Å². The van der Waals surface area contributed by atoms with E-state index in [2.05, 4.69) is 12.1 Å². The van der Waals surface area contributed by atoms with Crippen LogP contribution in [0.15, 0.2) is 24.3 Å². The molecule has 2 nitrogen and oxygen atoms in total. The van der Waals surface area contributed by atoms with Crippen molar-refractivity contribution < 1.29 is 0 Å². The van der Waals surface area contributed by atoms with Crippen LogP contribution in [0.4, 0.5) is 0 Å². The Morgan fingerprint density at radius 3 is 2.93 bits per heavy atom. The van der Waals surface area contributed by atoms with Crippen LogP contribution in [0.1, 0.15) is 5.56 Å². The molecule has 14 heavy (non-hydrogen) atoms. The van der Waals surface area contributed by atoms with Crippen LogP contribution >= 0.6 is 11.6 Å². The second kappa shape index (κ2) is 3.64. The lowest BCUT2D eigenvalue weighted by Gasteiger charge is -2.01. The maximum absolute atomic E-state index is 6.06. The summed E-state index contributed by atoms with van der Waals surface area (Å²) < 4.78 is 1.98. The molecule has 1 aromatic carbocycles. The Morgan fingerprint density at radius 1 is 1.43 bits per heavy atom. The maximum Gasteiger partial charge on any atom is 0.109 e. The van der Waals surface area contributed by atoms with Crippen molar-refractivity contribution in [3.63, 3.8) is 0 Å². The highest BCUT2D eigenvalue weighted by Gasteiger charge is 2.06. The highest BCUT2D eigenvalue weighted by molar-refractivity contribution is 6.31. The van der Waals surface area contributed by atoms with E-state index in [1.807, 2.05) is 23.7 Å². The normalized spacial score (nSPS) is 11.1. The minimum atomic E-state index is 0.672. The quantitative estimate of drug-likeness (QED) is 0.807. The van der Waals surface area contributed by atoms with E-state index >= 15 is 0 Å². The fourth-order valence-corrected chi connectivity index (χ4v) is 1.96. The Bertz CT molecular complexity index is 460. The zero-order chi connectivity index (χ0) is 10.1. The first kappa shape index (κ1) is 9.56. The second-order valence-corrected chi connectivity index (χ2v) is 3.80. The largest absolute Gasteiger partial charge is 0.335 e. The number of rotatable bonds is 2. The number of aromatic nitrogens is 1. The summed E-state index contributed by atoms with van der Waals surface area (Å²) in [4.78, 5) is 0. The van der Waals surface area contributed by atoms with Gasteiger partial charge in [-0.1, -0.05) is 23.7 Å². The summed E-state index contributed by atoms with van der Waals surface area (Å²) in [5.41, 5.74) is 8.00. The van der Waals surface area contributed by atoms with Gasteiger partial charge in [-0.3, -0.25) is 0 Å². The summed E-state index contributed by atoms with van der Waals surface area (Å²) in [6.07, 6.45) is 0.900. The minimum Gasteiger partial charge on any atom is -0.335 e. The molecule has 0 fully saturated rings. The smallest absolute Gasteiger partial charge is 0.109 e. The number of nitrogens with zero attached hydrogens (tertiary/aromatic N) is 1. The number of hydrogen-bond donors (Lipinski definition) is 1. The van der Waals surface area contributed by atoms with Gasteiger partial charge < -0.3 is 10.3 Å². The van der Waals surface area contributed by atoms with Gasteiger partial charge in [0.25, 0.3) is 0 Å². The Morgan fingerprint density at radius 2 is 2.21 bits per heavy atom. The first-order valence-corrected chi connectivity index (χ1v) is 5.04. The topological polar surface area (TPSA) is 30.9 Å². The van der Waals surface area contributed by atoms with Crippen molar-refractivity contribution in [1.29, 1.82) is 0 Å². The van der Waals surface area contributed by atoms with Gasteiger partial charge in [-0.15, -0.1) is 0 Å². The number of nitrogens with two attached hydrogens (primary N) is 1. The first-order valence-electron chi connectivity index (χ1n) is 4.67. The van der Waals surface area contributed by atoms with E-state index in [0.29, 0.717) is 6.54 Å². The second-order valence-electron chi connectivity index (χ2n) is 3.41. The lowest BCUT2D eigenvalue weighted by molar-refractivity contribution is 0.963. The standard InChI is InChI=1S/C11H13ClN2/c1-14-10-4-2-3-8(5-6-13)9(10)7-11(14)12/h2-4,7H,5-6,13H2,1H3. The van der Waals surface area contributed by atoms with Crippen LogP contribution < -0.4 is 5.73 Å². The Balaban J connectivity index is 2.68. The molecule has 0 amide bonds. The predicted octanol–water partition coefficient (Wildman–Crippen LogP) is 2.33. The van der Waals surface area contributed by atoms with Crippen LogP contribution in [0, 0.1) is 0 Å². The summed E-state index contributed by atoms with van der Waals surface area (Å²) in [6, 6.07) is 8.22. The van der Waals surface area contributed by atoms with Crippen molar-refractivity contribution in [3.8, 4) is 0 Å². The number of aryl methyl sites for hydroxylation is 1. The van der Waals surface area contributed by atoms with Gasteiger partial charge in [0.1, 0.15) is 5.15 Å². The summed E-state index contributed by atoms with van der Waals surface area (Å²) in [5.74, 6) is 0. The highest BCUT2D eigenvalue weighted by Crippen LogP contribution is 2.25. The van der Waals surface area contributed by atoms with Gasteiger partial charge >= 0.3 is 0 Å². The van der Waals surface area contributed by atoms with Gasteiger partial charge in [-0.25, -0.2) is 0 Å². The number of hydrogen-bond acceptors (Lipinski definition) is 1. The average Bonchev–Trinajstić information content (AvgIpc) is 2.46. The van der Waals surface area contributed by atoms with Gasteiger partial charge in [0.2, 0.25) is 0 Å². The molecule has 0 aliphatic heterocycles. The van der Waals surface area contributed by atoms with Crippen LogP contribution in [0.5, 0.6) is 0 Å². The SMILES string of the molecule is Cn1c(Cl)cc2c(CCN)cccc21. The van der Waals surface area contributed by atoms with Crippen molar-refractivity contribution in [3.05, 3.63) is 35.0 Å². The lowest BCUT2D eigenvalue weighted by atomic mass is 10.1. The fourth-order valence-electron chi connectivity index (χ4n) is 1.76. The Kier molecular flexibility index (Phi) is 2.48. The van der Waals surface area contributed by atoms with Crippen LogP contribution in [-0.2, 0) is 13.5 Å². The molecule has 1 heterocycles. The highest BCUT2D eigenvalue weighted by atomic mass is 35.5. The van der Waals surface area contributed by atoms with Crippen molar-refractivity contribution in [1.82, 2.24) is 4.57 Å². The zero-order valence-corrected chi connectivity index (χ0v) is 8.88. The van der Waals surface area contributed by atoms with E-state index in [0.717, 1.165) is 11.6 Å². The number of fused-ring (bicyclic) bond motifs is 1. The van der Waals surface area contributed by atoms with Crippen molar-refractivity contribution in [2.24, 2.45) is 12.8 Å². The molecule has 0 saturated heterocycles. The van der Waals surface area contributed by atoms with Crippen LogP contribution in [0.2, 0.25) is 5.15 Å². The molecular weight excluding hydrogens is 196 g/mol. The molecule has 2 N–H and O–H groups in total. The number of benzene rings is 1. The first-order chi connectivity index (χ1) is 6.74. The molecule has 0 bridgehead atoms. The molecule has 0 saturated carbocycles. The molecule has 3 heteroatoms. The molecule has 0 radical (unpaired) electrons. The van der Waals surface area contributed by atoms with Crippen LogP contribution in [-0.4, -0.2) is 11.1 Å². The molecule has 0 atom stereocenters.